The fourth-order valence-electron chi connectivity index (χ4n) is 4.34. The molecule has 5 unspecified atom stereocenters. The number of ketones is 1. The lowest BCUT2D eigenvalue weighted by Crippen LogP contribution is -2.47. The van der Waals surface area contributed by atoms with Gasteiger partial charge in [-0.3, -0.25) is 9.59 Å². The lowest BCUT2D eigenvalue weighted by Gasteiger charge is -2.37. The van der Waals surface area contributed by atoms with Crippen LogP contribution in [0.15, 0.2) is 23.3 Å². The molecule has 166 valence electrons. The molecule has 1 aliphatic rings. The number of allylic oxidation sites excluding steroid dienone is 2. The number of hydrogen-bond acceptors (Lipinski definition) is 5. The van der Waals surface area contributed by atoms with Crippen molar-refractivity contribution in [1.82, 2.24) is 0 Å². The van der Waals surface area contributed by atoms with Crippen molar-refractivity contribution in [3.05, 3.63) is 23.3 Å². The minimum atomic E-state index is -0.843. The predicted octanol–water partition coefficient (Wildman–Crippen LogP) is 4.89. The van der Waals surface area contributed by atoms with Gasteiger partial charge in [0.15, 0.2) is 0 Å². The van der Waals surface area contributed by atoms with E-state index >= 15 is 0 Å². The van der Waals surface area contributed by atoms with Crippen LogP contribution in [0.2, 0.25) is 0 Å². The van der Waals surface area contributed by atoms with Crippen LogP contribution in [0.5, 0.6) is 0 Å². The van der Waals surface area contributed by atoms with Gasteiger partial charge in [-0.2, -0.15) is 0 Å². The standard InChI is InChI=1S/C24H40O5/c1-10-16(3)19-12-11-15(2)13-17(4)22(28-9)18(5)23(26)24(6,7)20(27-8)14-21(25)29-19/h10-11,17-20,22H,12-14H2,1-9H3/b15-11-,16-10+. The van der Waals surface area contributed by atoms with E-state index in [0.29, 0.717) is 6.42 Å². The molecule has 1 heterocycles. The molecule has 0 aromatic carbocycles. The molecule has 0 saturated heterocycles. The van der Waals surface area contributed by atoms with E-state index in [1.54, 1.807) is 7.11 Å². The molecule has 0 aromatic heterocycles. The van der Waals surface area contributed by atoms with Crippen molar-refractivity contribution in [1.29, 1.82) is 0 Å². The summed E-state index contributed by atoms with van der Waals surface area (Å²) < 4.78 is 17.2. The number of carbonyl (C=O) groups is 2. The van der Waals surface area contributed by atoms with Crippen molar-refractivity contribution in [2.45, 2.75) is 86.0 Å². The van der Waals surface area contributed by atoms with E-state index in [0.717, 1.165) is 12.0 Å². The maximum absolute atomic E-state index is 13.4. The second kappa shape index (κ2) is 11.1. The molecule has 1 rings (SSSR count). The zero-order valence-corrected chi connectivity index (χ0v) is 19.7. The van der Waals surface area contributed by atoms with Gasteiger partial charge in [-0.1, -0.05) is 45.4 Å². The number of carbonyl (C=O) groups excluding carboxylic acids is 2. The molecule has 0 aliphatic carbocycles. The van der Waals surface area contributed by atoms with Crippen molar-refractivity contribution < 1.29 is 23.8 Å². The van der Waals surface area contributed by atoms with Crippen molar-refractivity contribution in [3.63, 3.8) is 0 Å². The van der Waals surface area contributed by atoms with Crippen LogP contribution in [0.1, 0.15) is 67.7 Å². The minimum absolute atomic E-state index is 0.0331. The van der Waals surface area contributed by atoms with E-state index in [1.165, 1.54) is 12.7 Å². The third kappa shape index (κ3) is 6.51. The zero-order chi connectivity index (χ0) is 22.4. The lowest BCUT2D eigenvalue weighted by atomic mass is 9.72. The van der Waals surface area contributed by atoms with E-state index in [4.69, 9.17) is 14.2 Å². The summed E-state index contributed by atoms with van der Waals surface area (Å²) in [6.45, 7) is 13.7. The minimum Gasteiger partial charge on any atom is -0.457 e. The van der Waals surface area contributed by atoms with Crippen LogP contribution in [0.4, 0.5) is 0 Å². The summed E-state index contributed by atoms with van der Waals surface area (Å²) in [6.07, 6.45) is 4.50. The van der Waals surface area contributed by atoms with Crippen LogP contribution in [-0.2, 0) is 23.8 Å². The van der Waals surface area contributed by atoms with Crippen molar-refractivity contribution in [3.8, 4) is 0 Å². The first-order valence-electron chi connectivity index (χ1n) is 10.6. The average molecular weight is 409 g/mol. The van der Waals surface area contributed by atoms with Gasteiger partial charge in [0.05, 0.1) is 24.0 Å². The Labute approximate surface area is 176 Å². The van der Waals surface area contributed by atoms with Crippen LogP contribution in [0, 0.1) is 17.3 Å². The molecular weight excluding hydrogens is 368 g/mol. The molecule has 0 aromatic rings. The summed E-state index contributed by atoms with van der Waals surface area (Å²) in [5, 5.41) is 0. The zero-order valence-electron chi connectivity index (χ0n) is 19.7. The van der Waals surface area contributed by atoms with Crippen molar-refractivity contribution >= 4 is 11.8 Å². The fraction of sp³-hybridized carbons (Fsp3) is 0.750. The van der Waals surface area contributed by atoms with E-state index in [-0.39, 0.29) is 42.2 Å². The smallest absolute Gasteiger partial charge is 0.309 e. The number of rotatable bonds is 3. The molecule has 0 radical (unpaired) electrons. The van der Waals surface area contributed by atoms with Gasteiger partial charge in [-0.25, -0.2) is 0 Å². The van der Waals surface area contributed by atoms with Gasteiger partial charge in [0.2, 0.25) is 0 Å². The Balaban J connectivity index is 3.37. The Bertz CT molecular complexity index is 631. The van der Waals surface area contributed by atoms with Crippen molar-refractivity contribution in [2.75, 3.05) is 14.2 Å². The van der Waals surface area contributed by atoms with Crippen LogP contribution >= 0.6 is 0 Å². The molecule has 0 bridgehead atoms. The summed E-state index contributed by atoms with van der Waals surface area (Å²) in [5.41, 5.74) is 1.37. The Morgan fingerprint density at radius 1 is 1.17 bits per heavy atom. The van der Waals surface area contributed by atoms with E-state index in [2.05, 4.69) is 19.9 Å². The van der Waals surface area contributed by atoms with Gasteiger partial charge in [-0.05, 0) is 38.7 Å². The van der Waals surface area contributed by atoms with Crippen LogP contribution in [-0.4, -0.2) is 44.3 Å². The van der Waals surface area contributed by atoms with Gasteiger partial charge in [0.25, 0.3) is 0 Å². The number of esters is 1. The first kappa shape index (κ1) is 25.6. The highest BCUT2D eigenvalue weighted by Crippen LogP contribution is 2.34. The van der Waals surface area contributed by atoms with E-state index in [1.807, 2.05) is 40.7 Å². The monoisotopic (exact) mass is 408 g/mol. The summed E-state index contributed by atoms with van der Waals surface area (Å²) in [4.78, 5) is 26.1. The van der Waals surface area contributed by atoms with Crippen molar-refractivity contribution in [2.24, 2.45) is 17.3 Å². The molecule has 5 atom stereocenters. The van der Waals surface area contributed by atoms with Gasteiger partial charge >= 0.3 is 5.97 Å². The number of Topliss-reactive ketones (excluding diaryl/α,β-unsaturated/α-hetero) is 1. The summed E-state index contributed by atoms with van der Waals surface area (Å²) in [7, 11) is 3.20. The quantitative estimate of drug-likeness (QED) is 0.491. The Morgan fingerprint density at radius 2 is 1.79 bits per heavy atom. The molecule has 0 N–H and O–H groups in total. The third-order valence-electron chi connectivity index (χ3n) is 6.38. The maximum atomic E-state index is 13.4. The van der Waals surface area contributed by atoms with Crippen LogP contribution in [0.25, 0.3) is 0 Å². The van der Waals surface area contributed by atoms with Gasteiger partial charge < -0.3 is 14.2 Å². The third-order valence-corrected chi connectivity index (χ3v) is 6.38. The Morgan fingerprint density at radius 3 is 2.31 bits per heavy atom. The molecule has 0 amide bonds. The lowest BCUT2D eigenvalue weighted by molar-refractivity contribution is -0.156. The number of ether oxygens (including phenoxy) is 3. The fourth-order valence-corrected chi connectivity index (χ4v) is 4.34. The molecule has 5 heteroatoms. The largest absolute Gasteiger partial charge is 0.457 e. The molecule has 0 spiro atoms. The topological polar surface area (TPSA) is 61.8 Å². The van der Waals surface area contributed by atoms with Crippen LogP contribution in [0.3, 0.4) is 0 Å². The number of methoxy groups -OCH3 is 2. The summed E-state index contributed by atoms with van der Waals surface area (Å²) >= 11 is 0. The highest BCUT2D eigenvalue weighted by atomic mass is 16.5. The van der Waals surface area contributed by atoms with Gasteiger partial charge in [-0.15, -0.1) is 0 Å². The molecule has 0 saturated carbocycles. The number of hydrogen-bond donors (Lipinski definition) is 0. The maximum Gasteiger partial charge on any atom is 0.309 e. The SMILES string of the molecule is C/C=C(\C)C1C/C=C(/C)CC(C)C(OC)C(C)C(=O)C(C)(C)C(OC)CC(=O)O1. The molecule has 29 heavy (non-hydrogen) atoms. The highest BCUT2D eigenvalue weighted by Gasteiger charge is 2.43. The molecule has 0 fully saturated rings. The summed E-state index contributed by atoms with van der Waals surface area (Å²) in [6, 6.07) is 0. The summed E-state index contributed by atoms with van der Waals surface area (Å²) in [5.74, 6) is -0.446. The van der Waals surface area contributed by atoms with Gasteiger partial charge in [0, 0.05) is 26.6 Å². The van der Waals surface area contributed by atoms with Crippen LogP contribution < -0.4 is 0 Å². The Hall–Kier alpha value is -1.46. The predicted molar refractivity (Wildman–Crippen MR) is 116 cm³/mol. The molecule has 5 nitrogen and oxygen atoms in total. The first-order valence-corrected chi connectivity index (χ1v) is 10.6. The second-order valence-corrected chi connectivity index (χ2v) is 8.98. The molecular formula is C24H40O5. The second-order valence-electron chi connectivity index (χ2n) is 8.98. The average Bonchev–Trinajstić information content (AvgIpc) is 2.67. The normalized spacial score (nSPS) is 34.7. The highest BCUT2D eigenvalue weighted by molar-refractivity contribution is 5.88. The number of cyclic esters (lactones) is 1. The first-order chi connectivity index (χ1) is 13.5. The molecule has 1 aliphatic heterocycles. The Kier molecular flexibility index (Phi) is 9.77. The van der Waals surface area contributed by atoms with Gasteiger partial charge in [0.1, 0.15) is 11.9 Å². The van der Waals surface area contributed by atoms with E-state index in [9.17, 15) is 9.59 Å². The van der Waals surface area contributed by atoms with E-state index < -0.39 is 11.5 Å².